The Hall–Kier alpha value is -3.10. The topological polar surface area (TPSA) is 80.3 Å². The first kappa shape index (κ1) is 22.1. The van der Waals surface area contributed by atoms with Gasteiger partial charge in [-0.2, -0.15) is 0 Å². The van der Waals surface area contributed by atoms with E-state index in [0.717, 1.165) is 44.2 Å². The average Bonchev–Trinajstić information content (AvgIpc) is 2.80. The zero-order valence-corrected chi connectivity index (χ0v) is 18.3. The van der Waals surface area contributed by atoms with Crippen LogP contribution in [-0.2, 0) is 20.7 Å². The van der Waals surface area contributed by atoms with E-state index in [0.29, 0.717) is 30.3 Å². The van der Waals surface area contributed by atoms with Crippen molar-refractivity contribution in [1.82, 2.24) is 4.90 Å². The fourth-order valence-electron chi connectivity index (χ4n) is 3.85. The van der Waals surface area contributed by atoms with Crippen molar-refractivity contribution in [2.75, 3.05) is 62.8 Å². The van der Waals surface area contributed by atoms with E-state index in [4.69, 9.17) is 14.2 Å². The third-order valence-corrected chi connectivity index (χ3v) is 5.53. The first-order chi connectivity index (χ1) is 15.6. The highest BCUT2D eigenvalue weighted by Crippen LogP contribution is 2.34. The zero-order chi connectivity index (χ0) is 22.3. The number of fused-ring (bicyclic) bond motifs is 1. The van der Waals surface area contributed by atoms with E-state index in [1.807, 2.05) is 37.3 Å². The molecule has 2 aliphatic rings. The maximum atomic E-state index is 12.6. The SMILES string of the molecule is CCOc1ccc(CC(=O)Nc2ccc3c(c2)N(CCN2CCOCC2)C(=O)CO3)cc1. The number of carbonyl (C=O) groups is 2. The quantitative estimate of drug-likeness (QED) is 0.680. The molecule has 8 heteroatoms. The second-order valence-corrected chi connectivity index (χ2v) is 7.77. The number of anilines is 2. The number of nitrogens with one attached hydrogen (secondary N) is 1. The van der Waals surface area contributed by atoms with Crippen LogP contribution in [0.15, 0.2) is 42.5 Å². The van der Waals surface area contributed by atoms with Gasteiger partial charge < -0.3 is 24.4 Å². The molecule has 2 aromatic carbocycles. The first-order valence-corrected chi connectivity index (χ1v) is 11.0. The van der Waals surface area contributed by atoms with Crippen LogP contribution >= 0.6 is 0 Å². The van der Waals surface area contributed by atoms with E-state index < -0.39 is 0 Å². The molecule has 2 aliphatic heterocycles. The molecule has 170 valence electrons. The predicted octanol–water partition coefficient (Wildman–Crippen LogP) is 2.32. The summed E-state index contributed by atoms with van der Waals surface area (Å²) >= 11 is 0. The van der Waals surface area contributed by atoms with Gasteiger partial charge in [-0.25, -0.2) is 0 Å². The number of ether oxygens (including phenoxy) is 3. The molecule has 0 saturated carbocycles. The summed E-state index contributed by atoms with van der Waals surface area (Å²) in [7, 11) is 0. The van der Waals surface area contributed by atoms with E-state index in [1.165, 1.54) is 0 Å². The van der Waals surface area contributed by atoms with Crippen molar-refractivity contribution >= 4 is 23.2 Å². The third-order valence-electron chi connectivity index (χ3n) is 5.53. The number of hydrogen-bond donors (Lipinski definition) is 1. The Balaban J connectivity index is 1.40. The van der Waals surface area contributed by atoms with Crippen molar-refractivity contribution in [3.8, 4) is 11.5 Å². The Morgan fingerprint density at radius 1 is 1.09 bits per heavy atom. The van der Waals surface area contributed by atoms with Crippen LogP contribution in [0, 0.1) is 0 Å². The average molecular weight is 440 g/mol. The Morgan fingerprint density at radius 2 is 1.88 bits per heavy atom. The maximum Gasteiger partial charge on any atom is 0.265 e. The van der Waals surface area contributed by atoms with Crippen LogP contribution in [0.5, 0.6) is 11.5 Å². The molecular formula is C24H29N3O5. The molecule has 0 bridgehead atoms. The predicted molar refractivity (Wildman–Crippen MR) is 121 cm³/mol. The highest BCUT2D eigenvalue weighted by molar-refractivity contribution is 5.99. The molecular weight excluding hydrogens is 410 g/mol. The van der Waals surface area contributed by atoms with Crippen molar-refractivity contribution in [1.29, 1.82) is 0 Å². The van der Waals surface area contributed by atoms with Gasteiger partial charge in [-0.3, -0.25) is 14.5 Å². The van der Waals surface area contributed by atoms with Crippen LogP contribution in [0.4, 0.5) is 11.4 Å². The zero-order valence-electron chi connectivity index (χ0n) is 18.3. The minimum atomic E-state index is -0.128. The molecule has 0 unspecified atom stereocenters. The molecule has 1 N–H and O–H groups in total. The minimum Gasteiger partial charge on any atom is -0.494 e. The summed E-state index contributed by atoms with van der Waals surface area (Å²) in [6.45, 7) is 7.08. The third kappa shape index (κ3) is 5.57. The van der Waals surface area contributed by atoms with Crippen LogP contribution < -0.4 is 19.7 Å². The molecule has 2 amide bonds. The number of rotatable bonds is 8. The van der Waals surface area contributed by atoms with E-state index in [2.05, 4.69) is 10.2 Å². The van der Waals surface area contributed by atoms with Gasteiger partial charge in [0.2, 0.25) is 5.91 Å². The molecule has 0 spiro atoms. The largest absolute Gasteiger partial charge is 0.494 e. The van der Waals surface area contributed by atoms with Crippen LogP contribution in [0.2, 0.25) is 0 Å². The second-order valence-electron chi connectivity index (χ2n) is 7.77. The maximum absolute atomic E-state index is 12.6. The summed E-state index contributed by atoms with van der Waals surface area (Å²) < 4.78 is 16.4. The molecule has 1 saturated heterocycles. The van der Waals surface area contributed by atoms with Crippen molar-refractivity contribution in [2.24, 2.45) is 0 Å². The number of morpholine rings is 1. The van der Waals surface area contributed by atoms with Gasteiger partial charge >= 0.3 is 0 Å². The minimum absolute atomic E-state index is 0.0273. The second kappa shape index (κ2) is 10.5. The normalized spacial score (nSPS) is 16.3. The molecule has 2 aromatic rings. The molecule has 4 rings (SSSR count). The fourth-order valence-corrected chi connectivity index (χ4v) is 3.85. The highest BCUT2D eigenvalue weighted by Gasteiger charge is 2.26. The van der Waals surface area contributed by atoms with Gasteiger partial charge in [0.15, 0.2) is 6.61 Å². The summed E-state index contributed by atoms with van der Waals surface area (Å²) in [6, 6.07) is 12.9. The standard InChI is InChI=1S/C24H29N3O5/c1-2-31-20-6-3-18(4-7-20)15-23(28)25-19-5-8-22-21(16-19)27(24(29)17-32-22)10-9-26-11-13-30-14-12-26/h3-8,16H,2,9-15,17H2,1H3,(H,25,28). The van der Waals surface area contributed by atoms with E-state index >= 15 is 0 Å². The first-order valence-electron chi connectivity index (χ1n) is 11.0. The Bertz CT molecular complexity index is 941. The number of carbonyl (C=O) groups excluding carboxylic acids is 2. The van der Waals surface area contributed by atoms with Crippen LogP contribution in [0.25, 0.3) is 0 Å². The van der Waals surface area contributed by atoms with Crippen LogP contribution in [0.3, 0.4) is 0 Å². The fraction of sp³-hybridized carbons (Fsp3) is 0.417. The van der Waals surface area contributed by atoms with Crippen molar-refractivity contribution in [2.45, 2.75) is 13.3 Å². The van der Waals surface area contributed by atoms with Crippen molar-refractivity contribution in [3.05, 3.63) is 48.0 Å². The number of nitrogens with zero attached hydrogens (tertiary/aromatic N) is 2. The summed E-state index contributed by atoms with van der Waals surface area (Å²) in [5, 5.41) is 2.93. The summed E-state index contributed by atoms with van der Waals surface area (Å²) in [5.41, 5.74) is 2.22. The smallest absolute Gasteiger partial charge is 0.265 e. The molecule has 0 radical (unpaired) electrons. The molecule has 32 heavy (non-hydrogen) atoms. The molecule has 0 aromatic heterocycles. The number of hydrogen-bond acceptors (Lipinski definition) is 6. The van der Waals surface area contributed by atoms with E-state index in [9.17, 15) is 9.59 Å². The lowest BCUT2D eigenvalue weighted by Gasteiger charge is -2.33. The van der Waals surface area contributed by atoms with E-state index in [1.54, 1.807) is 17.0 Å². The molecule has 1 fully saturated rings. The van der Waals surface area contributed by atoms with Crippen LogP contribution in [0.1, 0.15) is 12.5 Å². The molecule has 2 heterocycles. The summed E-state index contributed by atoms with van der Waals surface area (Å²) in [5.74, 6) is 1.23. The molecule has 0 atom stereocenters. The van der Waals surface area contributed by atoms with Gasteiger partial charge in [-0.1, -0.05) is 12.1 Å². The summed E-state index contributed by atoms with van der Waals surface area (Å²) in [6.07, 6.45) is 0.250. The Morgan fingerprint density at radius 3 is 2.62 bits per heavy atom. The lowest BCUT2D eigenvalue weighted by atomic mass is 10.1. The number of benzene rings is 2. The van der Waals surface area contributed by atoms with Gasteiger partial charge in [-0.15, -0.1) is 0 Å². The van der Waals surface area contributed by atoms with Gasteiger partial charge in [0.1, 0.15) is 11.5 Å². The van der Waals surface area contributed by atoms with Gasteiger partial charge in [0, 0.05) is 31.9 Å². The van der Waals surface area contributed by atoms with Gasteiger partial charge in [-0.05, 0) is 42.8 Å². The summed E-state index contributed by atoms with van der Waals surface area (Å²) in [4.78, 5) is 29.1. The van der Waals surface area contributed by atoms with Crippen LogP contribution in [-0.4, -0.2) is 69.3 Å². The van der Waals surface area contributed by atoms with E-state index in [-0.39, 0.29) is 24.8 Å². The van der Waals surface area contributed by atoms with Crippen molar-refractivity contribution < 1.29 is 23.8 Å². The van der Waals surface area contributed by atoms with Gasteiger partial charge in [0.05, 0.1) is 31.9 Å². The molecule has 8 nitrogen and oxygen atoms in total. The number of amides is 2. The lowest BCUT2D eigenvalue weighted by Crippen LogP contribution is -2.45. The van der Waals surface area contributed by atoms with Crippen molar-refractivity contribution in [3.63, 3.8) is 0 Å². The van der Waals surface area contributed by atoms with Gasteiger partial charge in [0.25, 0.3) is 5.91 Å². The monoisotopic (exact) mass is 439 g/mol. The molecule has 0 aliphatic carbocycles. The lowest BCUT2D eigenvalue weighted by molar-refractivity contribution is -0.121. The highest BCUT2D eigenvalue weighted by atomic mass is 16.5. The Labute approximate surface area is 188 Å². The Kier molecular flexibility index (Phi) is 7.24.